The van der Waals surface area contributed by atoms with E-state index in [0.717, 1.165) is 5.69 Å². The highest BCUT2D eigenvalue weighted by Crippen LogP contribution is 2.24. The van der Waals surface area contributed by atoms with E-state index in [1.807, 2.05) is 6.92 Å². The monoisotopic (exact) mass is 211 g/mol. The van der Waals surface area contributed by atoms with Crippen molar-refractivity contribution in [2.24, 2.45) is 0 Å². The van der Waals surface area contributed by atoms with Crippen molar-refractivity contribution < 1.29 is 15.4 Å². The minimum Gasteiger partial charge on any atom is -0.510 e. The summed E-state index contributed by atoms with van der Waals surface area (Å²) in [5, 5.41) is 11.0. The highest BCUT2D eigenvalue weighted by Gasteiger charge is 2.18. The Balaban J connectivity index is 0.00000112. The molecule has 0 saturated heterocycles. The molecule has 6 heteroatoms. The van der Waals surface area contributed by atoms with Crippen LogP contribution in [0.4, 0.5) is 5.69 Å². The van der Waals surface area contributed by atoms with E-state index >= 15 is 0 Å². The molecule has 1 aliphatic heterocycles. The second-order valence-electron chi connectivity index (χ2n) is 2.88. The summed E-state index contributed by atoms with van der Waals surface area (Å²) in [6.45, 7) is 2.77. The number of aromatic nitrogens is 2. The standard InChI is InChI=1S/C9H11N3O2.H2O/c1-2-14-12-5-7(13)3-8-9(12)4-10-6-11-8;/h3-4,6,13H,2,5H2,1H3;1H2. The van der Waals surface area contributed by atoms with Gasteiger partial charge in [0.2, 0.25) is 0 Å². The minimum atomic E-state index is 0. The first-order chi connectivity index (χ1) is 6.81. The minimum absolute atomic E-state index is 0. The number of aliphatic hydroxyl groups excluding tert-OH is 1. The first-order valence-corrected chi connectivity index (χ1v) is 4.41. The normalized spacial score (nSPS) is 13.9. The van der Waals surface area contributed by atoms with Gasteiger partial charge in [-0.2, -0.15) is 0 Å². The van der Waals surface area contributed by atoms with E-state index in [-0.39, 0.29) is 11.2 Å². The van der Waals surface area contributed by atoms with Gasteiger partial charge in [0, 0.05) is 6.08 Å². The molecule has 0 aromatic carbocycles. The van der Waals surface area contributed by atoms with Gasteiger partial charge in [-0.15, -0.1) is 0 Å². The molecule has 2 rings (SSSR count). The van der Waals surface area contributed by atoms with Crippen molar-refractivity contribution in [1.29, 1.82) is 0 Å². The summed E-state index contributed by atoms with van der Waals surface area (Å²) in [6, 6.07) is 0. The van der Waals surface area contributed by atoms with E-state index in [9.17, 15) is 5.11 Å². The molecule has 0 atom stereocenters. The summed E-state index contributed by atoms with van der Waals surface area (Å²) < 4.78 is 0. The average molecular weight is 211 g/mol. The number of aliphatic hydroxyl groups is 1. The molecule has 2 heterocycles. The van der Waals surface area contributed by atoms with Crippen LogP contribution in [0.1, 0.15) is 12.6 Å². The molecule has 0 radical (unpaired) electrons. The molecule has 0 amide bonds. The van der Waals surface area contributed by atoms with Crippen LogP contribution in [0, 0.1) is 0 Å². The van der Waals surface area contributed by atoms with Crippen LogP contribution in [-0.4, -0.2) is 33.7 Å². The van der Waals surface area contributed by atoms with Crippen molar-refractivity contribution in [3.63, 3.8) is 0 Å². The smallest absolute Gasteiger partial charge is 0.116 e. The van der Waals surface area contributed by atoms with Gasteiger partial charge < -0.3 is 10.6 Å². The Morgan fingerprint density at radius 1 is 1.60 bits per heavy atom. The highest BCUT2D eigenvalue weighted by molar-refractivity contribution is 5.67. The van der Waals surface area contributed by atoms with Gasteiger partial charge in [-0.25, -0.2) is 15.0 Å². The van der Waals surface area contributed by atoms with E-state index in [0.29, 0.717) is 18.8 Å². The summed E-state index contributed by atoms with van der Waals surface area (Å²) in [5.74, 6) is 0.240. The van der Waals surface area contributed by atoms with Gasteiger partial charge in [-0.3, -0.25) is 4.84 Å². The fourth-order valence-electron chi connectivity index (χ4n) is 1.34. The molecule has 0 fully saturated rings. The molecule has 0 aliphatic carbocycles. The van der Waals surface area contributed by atoms with E-state index < -0.39 is 0 Å². The van der Waals surface area contributed by atoms with Crippen LogP contribution in [0.3, 0.4) is 0 Å². The lowest BCUT2D eigenvalue weighted by molar-refractivity contribution is 0.117. The van der Waals surface area contributed by atoms with Crippen LogP contribution in [0.15, 0.2) is 18.3 Å². The van der Waals surface area contributed by atoms with E-state index in [2.05, 4.69) is 9.97 Å². The summed E-state index contributed by atoms with van der Waals surface area (Å²) >= 11 is 0. The lowest BCUT2D eigenvalue weighted by Crippen LogP contribution is -2.29. The van der Waals surface area contributed by atoms with Crippen molar-refractivity contribution in [2.75, 3.05) is 18.2 Å². The number of hydrogen-bond acceptors (Lipinski definition) is 5. The van der Waals surface area contributed by atoms with Gasteiger partial charge in [-0.05, 0) is 6.92 Å². The number of rotatable bonds is 2. The molecule has 1 aromatic rings. The molecule has 1 aromatic heterocycles. The summed E-state index contributed by atoms with van der Waals surface area (Å²) in [5.41, 5.74) is 1.46. The molecule has 1 aliphatic rings. The Hall–Kier alpha value is -1.66. The second-order valence-corrected chi connectivity index (χ2v) is 2.88. The average Bonchev–Trinajstić information content (AvgIpc) is 2.18. The van der Waals surface area contributed by atoms with Gasteiger partial charge in [0.05, 0.1) is 18.5 Å². The van der Waals surface area contributed by atoms with Crippen molar-refractivity contribution in [2.45, 2.75) is 6.92 Å². The Morgan fingerprint density at radius 2 is 2.40 bits per heavy atom. The Labute approximate surface area is 87.1 Å². The van der Waals surface area contributed by atoms with Crippen molar-refractivity contribution in [3.8, 4) is 0 Å². The van der Waals surface area contributed by atoms with Crippen LogP contribution in [0.25, 0.3) is 6.08 Å². The van der Waals surface area contributed by atoms with Crippen LogP contribution in [0.5, 0.6) is 0 Å². The van der Waals surface area contributed by atoms with Gasteiger partial charge in [0.15, 0.2) is 0 Å². The highest BCUT2D eigenvalue weighted by atomic mass is 16.7. The van der Waals surface area contributed by atoms with E-state index in [4.69, 9.17) is 4.84 Å². The molecule has 0 saturated carbocycles. The van der Waals surface area contributed by atoms with Crippen molar-refractivity contribution in [1.82, 2.24) is 9.97 Å². The van der Waals surface area contributed by atoms with E-state index in [1.165, 1.54) is 6.33 Å². The van der Waals surface area contributed by atoms with Gasteiger partial charge in [-0.1, -0.05) is 0 Å². The molecule has 0 spiro atoms. The fourth-order valence-corrected chi connectivity index (χ4v) is 1.34. The van der Waals surface area contributed by atoms with Gasteiger partial charge in [0.1, 0.15) is 24.3 Å². The number of fused-ring (bicyclic) bond motifs is 1. The summed E-state index contributed by atoms with van der Waals surface area (Å²) in [6.07, 6.45) is 4.73. The quantitative estimate of drug-likeness (QED) is 0.760. The van der Waals surface area contributed by atoms with Crippen LogP contribution < -0.4 is 5.06 Å². The predicted molar refractivity (Wildman–Crippen MR) is 55.2 cm³/mol. The molecule has 0 bridgehead atoms. The van der Waals surface area contributed by atoms with Crippen LogP contribution >= 0.6 is 0 Å². The third kappa shape index (κ3) is 2.23. The Bertz CT molecular complexity index is 367. The second kappa shape index (κ2) is 4.72. The van der Waals surface area contributed by atoms with E-state index in [1.54, 1.807) is 17.3 Å². The summed E-state index contributed by atoms with van der Waals surface area (Å²) in [4.78, 5) is 13.3. The first kappa shape index (κ1) is 11.4. The number of anilines is 1. The predicted octanol–water partition coefficient (Wildman–Crippen LogP) is 0.322. The fraction of sp³-hybridized carbons (Fsp3) is 0.333. The third-order valence-corrected chi connectivity index (χ3v) is 1.89. The molecular weight excluding hydrogens is 198 g/mol. The number of nitrogens with zero attached hydrogens (tertiary/aromatic N) is 3. The molecule has 6 nitrogen and oxygen atoms in total. The maximum Gasteiger partial charge on any atom is 0.116 e. The van der Waals surface area contributed by atoms with Crippen LogP contribution in [-0.2, 0) is 4.84 Å². The lowest BCUT2D eigenvalue weighted by Gasteiger charge is -2.26. The molecule has 3 N–H and O–H groups in total. The first-order valence-electron chi connectivity index (χ1n) is 4.41. The zero-order chi connectivity index (χ0) is 9.97. The van der Waals surface area contributed by atoms with Gasteiger partial charge >= 0.3 is 0 Å². The number of hydroxylamine groups is 1. The lowest BCUT2D eigenvalue weighted by atomic mass is 10.2. The Morgan fingerprint density at radius 3 is 3.13 bits per heavy atom. The third-order valence-electron chi connectivity index (χ3n) is 1.89. The number of hydrogen-bond donors (Lipinski definition) is 1. The van der Waals surface area contributed by atoms with Crippen LogP contribution in [0.2, 0.25) is 0 Å². The largest absolute Gasteiger partial charge is 0.510 e. The molecular formula is C9H13N3O3. The maximum atomic E-state index is 9.43. The zero-order valence-corrected chi connectivity index (χ0v) is 8.34. The molecule has 82 valence electrons. The Kier molecular flexibility index (Phi) is 3.59. The van der Waals surface area contributed by atoms with Gasteiger partial charge in [0.25, 0.3) is 0 Å². The molecule has 15 heavy (non-hydrogen) atoms. The zero-order valence-electron chi connectivity index (χ0n) is 8.34. The maximum absolute atomic E-state index is 9.43. The summed E-state index contributed by atoms with van der Waals surface area (Å²) in [7, 11) is 0. The van der Waals surface area contributed by atoms with Crippen molar-refractivity contribution in [3.05, 3.63) is 24.0 Å². The van der Waals surface area contributed by atoms with Crippen molar-refractivity contribution >= 4 is 11.8 Å². The topological polar surface area (TPSA) is 90.0 Å². The SMILES string of the molecule is CCON1CC(O)=Cc2ncncc21.O. The molecule has 0 unspecified atom stereocenters.